The molecule has 0 aliphatic rings. The predicted octanol–water partition coefficient (Wildman–Crippen LogP) is -0.974. The minimum Gasteiger partial charge on any atom is -0.792 e. The molecule has 0 aromatic carbocycles. The van der Waals surface area contributed by atoms with Crippen LogP contribution in [-0.2, 0) is 4.57 Å². The number of nitrogens with zero attached hydrogens (tertiary/aromatic N) is 1. The van der Waals surface area contributed by atoms with E-state index >= 15 is 0 Å². The molecule has 0 fully saturated rings. The molecule has 0 aliphatic heterocycles. The Morgan fingerprint density at radius 1 is 1.27 bits per heavy atom. The fraction of sp³-hybridized carbons (Fsp3) is 1.00. The maximum atomic E-state index is 10.9. The second-order valence-corrected chi connectivity index (χ2v) is 9.00. The van der Waals surface area contributed by atoms with Crippen molar-refractivity contribution >= 4 is 18.0 Å². The van der Waals surface area contributed by atoms with Gasteiger partial charge in [-0.25, -0.2) is 0 Å². The molecule has 0 saturated heterocycles. The summed E-state index contributed by atoms with van der Waals surface area (Å²) < 4.78 is 10.9. The van der Waals surface area contributed by atoms with Gasteiger partial charge in [0.25, 0.3) is 0 Å². The van der Waals surface area contributed by atoms with Gasteiger partial charge in [-0.3, -0.25) is 4.90 Å². The summed E-state index contributed by atoms with van der Waals surface area (Å²) in [5, 5.41) is 0. The number of rotatable bonds is 6. The van der Waals surface area contributed by atoms with Crippen molar-refractivity contribution in [3.63, 3.8) is 0 Å². The van der Waals surface area contributed by atoms with Crippen LogP contribution in [0, 0.1) is 0 Å². The molecule has 3 nitrogen and oxygen atoms in total. The Balaban J connectivity index is 0. The summed E-state index contributed by atoms with van der Waals surface area (Å²) in [6, 6.07) is 0.942. The molecule has 15 heavy (non-hydrogen) atoms. The SMILES string of the molecule is CC(C)N(CCSP(C)(=O)[O-])C(C)C.[K+]. The largest absolute Gasteiger partial charge is 1.00 e. The minimum atomic E-state index is -3.14. The summed E-state index contributed by atoms with van der Waals surface area (Å²) in [7, 11) is 0. The van der Waals surface area contributed by atoms with E-state index in [1.165, 1.54) is 6.66 Å². The molecular formula is C9H21KNO2PS. The van der Waals surface area contributed by atoms with Gasteiger partial charge in [0.05, 0.1) is 6.57 Å². The van der Waals surface area contributed by atoms with Gasteiger partial charge >= 0.3 is 51.4 Å². The molecule has 0 amide bonds. The second kappa shape index (κ2) is 9.12. The van der Waals surface area contributed by atoms with Crippen LogP contribution in [0.25, 0.3) is 0 Å². The van der Waals surface area contributed by atoms with Gasteiger partial charge in [0, 0.05) is 24.4 Å². The van der Waals surface area contributed by atoms with Crippen LogP contribution in [-0.4, -0.2) is 35.9 Å². The van der Waals surface area contributed by atoms with Crippen LogP contribution in [0.5, 0.6) is 0 Å². The fourth-order valence-electron chi connectivity index (χ4n) is 1.42. The molecule has 0 aliphatic carbocycles. The monoisotopic (exact) mass is 277 g/mol. The van der Waals surface area contributed by atoms with Crippen molar-refractivity contribution in [1.29, 1.82) is 0 Å². The molecule has 0 bridgehead atoms. The summed E-state index contributed by atoms with van der Waals surface area (Å²) in [6.45, 7) is 7.50. The van der Waals surface area contributed by atoms with Crippen LogP contribution >= 0.6 is 18.0 Å². The van der Waals surface area contributed by atoms with E-state index in [0.29, 0.717) is 17.8 Å². The van der Waals surface area contributed by atoms with E-state index in [4.69, 9.17) is 0 Å². The third-order valence-corrected chi connectivity index (χ3v) is 4.79. The topological polar surface area (TPSA) is 43.4 Å². The second-order valence-electron chi connectivity index (χ2n) is 4.03. The molecule has 0 spiro atoms. The Morgan fingerprint density at radius 2 is 1.67 bits per heavy atom. The molecule has 0 aromatic heterocycles. The van der Waals surface area contributed by atoms with Crippen molar-refractivity contribution < 1.29 is 60.8 Å². The Kier molecular flexibility index (Phi) is 11.8. The van der Waals surface area contributed by atoms with E-state index in [1.807, 2.05) is 0 Å². The minimum absolute atomic E-state index is 0. The Morgan fingerprint density at radius 3 is 1.93 bits per heavy atom. The first-order valence-electron chi connectivity index (χ1n) is 4.93. The molecule has 0 rings (SSSR count). The van der Waals surface area contributed by atoms with Crippen molar-refractivity contribution in [1.82, 2.24) is 4.90 Å². The van der Waals surface area contributed by atoms with Crippen molar-refractivity contribution in [2.45, 2.75) is 39.8 Å². The molecule has 1 atom stereocenters. The Bertz CT molecular complexity index is 200. The first kappa shape index (κ1) is 19.5. The van der Waals surface area contributed by atoms with E-state index < -0.39 is 6.57 Å². The van der Waals surface area contributed by atoms with Gasteiger partial charge in [-0.1, -0.05) is 0 Å². The van der Waals surface area contributed by atoms with Gasteiger partial charge < -0.3 is 9.46 Å². The Hall–Kier alpha value is 2.14. The van der Waals surface area contributed by atoms with E-state index in [2.05, 4.69) is 32.6 Å². The summed E-state index contributed by atoms with van der Waals surface area (Å²) in [6.07, 6.45) is 0. The molecule has 6 heteroatoms. The Labute approximate surface area is 140 Å². The first-order valence-corrected chi connectivity index (χ1v) is 8.59. The third-order valence-electron chi connectivity index (χ3n) is 2.00. The van der Waals surface area contributed by atoms with Gasteiger partial charge in [0.1, 0.15) is 0 Å². The average molecular weight is 277 g/mol. The van der Waals surface area contributed by atoms with Crippen molar-refractivity contribution in [2.75, 3.05) is 19.0 Å². The van der Waals surface area contributed by atoms with Gasteiger partial charge in [0.15, 0.2) is 0 Å². The maximum absolute atomic E-state index is 10.9. The fourth-order valence-corrected chi connectivity index (χ4v) is 3.29. The van der Waals surface area contributed by atoms with Crippen LogP contribution in [0.1, 0.15) is 27.7 Å². The van der Waals surface area contributed by atoms with Gasteiger partial charge in [-0.15, -0.1) is 11.4 Å². The summed E-state index contributed by atoms with van der Waals surface area (Å²) >= 11 is 1.06. The quantitative estimate of drug-likeness (QED) is 0.463. The van der Waals surface area contributed by atoms with Crippen LogP contribution in [0.3, 0.4) is 0 Å². The zero-order valence-corrected chi connectivity index (χ0v) is 15.5. The van der Waals surface area contributed by atoms with E-state index in [-0.39, 0.29) is 51.4 Å². The van der Waals surface area contributed by atoms with Crippen molar-refractivity contribution in [3.05, 3.63) is 0 Å². The standard InChI is InChI=1S/C9H22NO2PS.K/c1-8(2)10(9(3)4)6-7-14-13(5,11)12;/h8-9H,6-7H2,1-5H3,(H,11,12);/q;+1/p-1. The predicted molar refractivity (Wildman–Crippen MR) is 63.0 cm³/mol. The third kappa shape index (κ3) is 11.0. The molecular weight excluding hydrogens is 256 g/mol. The molecule has 0 radical (unpaired) electrons. The summed E-state index contributed by atoms with van der Waals surface area (Å²) in [5.74, 6) is 0.660. The number of hydrogen-bond donors (Lipinski definition) is 0. The van der Waals surface area contributed by atoms with E-state index in [9.17, 15) is 9.46 Å². The van der Waals surface area contributed by atoms with Gasteiger partial charge in [0.2, 0.25) is 0 Å². The smallest absolute Gasteiger partial charge is 0.792 e. The van der Waals surface area contributed by atoms with Gasteiger partial charge in [-0.2, -0.15) is 0 Å². The van der Waals surface area contributed by atoms with Crippen LogP contribution in [0.15, 0.2) is 0 Å². The first-order chi connectivity index (χ1) is 6.24. The van der Waals surface area contributed by atoms with Gasteiger partial charge in [-0.05, 0) is 34.4 Å². The summed E-state index contributed by atoms with van der Waals surface area (Å²) in [4.78, 5) is 13.2. The zero-order valence-electron chi connectivity index (χ0n) is 10.7. The molecule has 1 unspecified atom stereocenters. The molecule has 86 valence electrons. The van der Waals surface area contributed by atoms with E-state index in [0.717, 1.165) is 17.9 Å². The van der Waals surface area contributed by atoms with Crippen LogP contribution in [0.2, 0.25) is 0 Å². The molecule has 0 saturated carbocycles. The molecule has 0 N–H and O–H groups in total. The van der Waals surface area contributed by atoms with E-state index in [1.54, 1.807) is 0 Å². The van der Waals surface area contributed by atoms with Crippen molar-refractivity contribution in [2.24, 2.45) is 0 Å². The normalized spacial score (nSPS) is 15.5. The zero-order chi connectivity index (χ0) is 11.4. The number of hydrogen-bond acceptors (Lipinski definition) is 4. The average Bonchev–Trinajstić information content (AvgIpc) is 1.94. The maximum Gasteiger partial charge on any atom is 1.00 e. The summed E-state index contributed by atoms with van der Waals surface area (Å²) in [5.41, 5.74) is 0. The molecule has 0 aromatic rings. The molecule has 0 heterocycles. The van der Waals surface area contributed by atoms with Crippen LogP contribution < -0.4 is 56.3 Å². The van der Waals surface area contributed by atoms with Crippen LogP contribution in [0.4, 0.5) is 0 Å². The van der Waals surface area contributed by atoms with Crippen molar-refractivity contribution in [3.8, 4) is 0 Å².